The molecule has 0 unspecified atom stereocenters. The van der Waals surface area contributed by atoms with Crippen LogP contribution in [0.5, 0.6) is 5.75 Å². The van der Waals surface area contributed by atoms with Crippen molar-refractivity contribution in [3.63, 3.8) is 0 Å². The van der Waals surface area contributed by atoms with Gasteiger partial charge in [0.05, 0.1) is 11.5 Å². The number of nitrogens with one attached hydrogen (secondary N) is 1. The summed E-state index contributed by atoms with van der Waals surface area (Å²) in [6, 6.07) is 6.04. The number of rotatable bonds is 6. The van der Waals surface area contributed by atoms with E-state index in [9.17, 15) is 18.0 Å². The number of sulfone groups is 1. The van der Waals surface area contributed by atoms with E-state index in [1.165, 1.54) is 6.92 Å². The SMILES string of the molecule is C[C@@H](Oc1ccc(Cl)cc1)C(=O)OCC(=O)N[C@@H]1CCS(=O)(=O)C1. The molecule has 132 valence electrons. The molecule has 0 bridgehead atoms. The first kappa shape index (κ1) is 18.5. The van der Waals surface area contributed by atoms with Gasteiger partial charge in [0, 0.05) is 11.1 Å². The largest absolute Gasteiger partial charge is 0.479 e. The van der Waals surface area contributed by atoms with Gasteiger partial charge in [0.2, 0.25) is 0 Å². The number of ether oxygens (including phenoxy) is 2. The first-order valence-electron chi connectivity index (χ1n) is 7.34. The maximum Gasteiger partial charge on any atom is 0.347 e. The first-order valence-corrected chi connectivity index (χ1v) is 9.54. The fraction of sp³-hybridized carbons (Fsp3) is 0.467. The van der Waals surface area contributed by atoms with Gasteiger partial charge in [0.15, 0.2) is 22.5 Å². The molecule has 1 aliphatic heterocycles. The molecule has 1 aromatic carbocycles. The summed E-state index contributed by atoms with van der Waals surface area (Å²) in [4.78, 5) is 23.5. The molecule has 2 rings (SSSR count). The maximum atomic E-state index is 11.8. The molecule has 7 nitrogen and oxygen atoms in total. The molecular weight excluding hydrogens is 358 g/mol. The molecule has 1 aromatic rings. The number of halogens is 1. The molecule has 0 radical (unpaired) electrons. The summed E-state index contributed by atoms with van der Waals surface area (Å²) in [5.41, 5.74) is 0. The third kappa shape index (κ3) is 5.68. The van der Waals surface area contributed by atoms with Crippen molar-refractivity contribution in [3.05, 3.63) is 29.3 Å². The second-order valence-electron chi connectivity index (χ2n) is 5.49. The van der Waals surface area contributed by atoms with Crippen LogP contribution in [-0.2, 0) is 24.2 Å². The number of amides is 1. The number of hydrogen-bond donors (Lipinski definition) is 1. The average molecular weight is 376 g/mol. The minimum absolute atomic E-state index is 0.0592. The van der Waals surface area contributed by atoms with Gasteiger partial charge in [-0.05, 0) is 37.6 Å². The summed E-state index contributed by atoms with van der Waals surface area (Å²) in [7, 11) is -3.08. The van der Waals surface area contributed by atoms with Gasteiger partial charge in [-0.1, -0.05) is 11.6 Å². The van der Waals surface area contributed by atoms with Crippen LogP contribution in [0.4, 0.5) is 0 Å². The molecule has 24 heavy (non-hydrogen) atoms. The van der Waals surface area contributed by atoms with Crippen molar-refractivity contribution < 1.29 is 27.5 Å². The van der Waals surface area contributed by atoms with Crippen LogP contribution in [0, 0.1) is 0 Å². The van der Waals surface area contributed by atoms with E-state index >= 15 is 0 Å². The topological polar surface area (TPSA) is 98.8 Å². The third-order valence-electron chi connectivity index (χ3n) is 3.40. The maximum absolute atomic E-state index is 11.8. The quantitative estimate of drug-likeness (QED) is 0.743. The van der Waals surface area contributed by atoms with Gasteiger partial charge in [0.25, 0.3) is 5.91 Å². The molecule has 1 heterocycles. The number of benzene rings is 1. The van der Waals surface area contributed by atoms with E-state index in [1.807, 2.05) is 0 Å². The molecule has 1 N–H and O–H groups in total. The molecule has 0 spiro atoms. The Morgan fingerprint density at radius 3 is 2.58 bits per heavy atom. The lowest BCUT2D eigenvalue weighted by Gasteiger charge is -2.15. The van der Waals surface area contributed by atoms with E-state index in [4.69, 9.17) is 21.1 Å². The van der Waals surface area contributed by atoms with Crippen LogP contribution < -0.4 is 10.1 Å². The Kier molecular flexibility index (Phi) is 6.06. The molecule has 2 atom stereocenters. The van der Waals surface area contributed by atoms with Gasteiger partial charge in [-0.3, -0.25) is 4.79 Å². The van der Waals surface area contributed by atoms with Crippen molar-refractivity contribution in [2.75, 3.05) is 18.1 Å². The van der Waals surface area contributed by atoms with Crippen LogP contribution in [0.2, 0.25) is 5.02 Å². The summed E-state index contributed by atoms with van der Waals surface area (Å²) in [6.45, 7) is 1.02. The van der Waals surface area contributed by atoms with Crippen LogP contribution in [0.25, 0.3) is 0 Å². The lowest BCUT2D eigenvalue weighted by Crippen LogP contribution is -2.39. The lowest BCUT2D eigenvalue weighted by molar-refractivity contribution is -0.154. The van der Waals surface area contributed by atoms with E-state index < -0.39 is 40.5 Å². The average Bonchev–Trinajstić information content (AvgIpc) is 2.85. The summed E-state index contributed by atoms with van der Waals surface area (Å²) in [5, 5.41) is 3.08. The zero-order chi connectivity index (χ0) is 17.7. The predicted octanol–water partition coefficient (Wildman–Crippen LogP) is 0.954. The Morgan fingerprint density at radius 2 is 2.00 bits per heavy atom. The smallest absolute Gasteiger partial charge is 0.347 e. The zero-order valence-corrected chi connectivity index (χ0v) is 14.6. The van der Waals surface area contributed by atoms with Gasteiger partial charge in [-0.25, -0.2) is 13.2 Å². The molecule has 1 aliphatic rings. The monoisotopic (exact) mass is 375 g/mol. The van der Waals surface area contributed by atoms with Crippen molar-refractivity contribution >= 4 is 33.3 Å². The standard InChI is InChI=1S/C15H18ClNO6S/c1-10(23-13-4-2-11(16)3-5-13)15(19)22-8-14(18)17-12-6-7-24(20,21)9-12/h2-5,10,12H,6-9H2,1H3,(H,17,18)/t10-,12-/m1/s1. The number of esters is 1. The van der Waals surface area contributed by atoms with E-state index in [0.29, 0.717) is 17.2 Å². The van der Waals surface area contributed by atoms with Crippen LogP contribution in [0.15, 0.2) is 24.3 Å². The van der Waals surface area contributed by atoms with E-state index in [0.717, 1.165) is 0 Å². The molecule has 0 aromatic heterocycles. The lowest BCUT2D eigenvalue weighted by atomic mass is 10.2. The van der Waals surface area contributed by atoms with Crippen molar-refractivity contribution in [1.29, 1.82) is 0 Å². The fourth-order valence-corrected chi connectivity index (χ4v) is 4.00. The van der Waals surface area contributed by atoms with E-state index in [1.54, 1.807) is 24.3 Å². The Balaban J connectivity index is 1.73. The molecule has 1 fully saturated rings. The molecule has 0 aliphatic carbocycles. The van der Waals surface area contributed by atoms with Crippen molar-refractivity contribution in [1.82, 2.24) is 5.32 Å². The highest BCUT2D eigenvalue weighted by Gasteiger charge is 2.29. The fourth-order valence-electron chi connectivity index (χ4n) is 2.20. The summed E-state index contributed by atoms with van der Waals surface area (Å²) >= 11 is 5.75. The van der Waals surface area contributed by atoms with Crippen molar-refractivity contribution in [2.24, 2.45) is 0 Å². The second kappa shape index (κ2) is 7.85. The van der Waals surface area contributed by atoms with Crippen molar-refractivity contribution in [3.8, 4) is 5.75 Å². The first-order chi connectivity index (χ1) is 11.2. The normalized spacial score (nSPS) is 20.2. The Morgan fingerprint density at radius 1 is 1.33 bits per heavy atom. The summed E-state index contributed by atoms with van der Waals surface area (Å²) in [6.07, 6.45) is -0.524. The van der Waals surface area contributed by atoms with Crippen LogP contribution in [-0.4, -0.2) is 50.6 Å². The number of carbonyl (C=O) groups excluding carboxylic acids is 2. The third-order valence-corrected chi connectivity index (χ3v) is 5.42. The highest BCUT2D eigenvalue weighted by Crippen LogP contribution is 2.17. The minimum atomic E-state index is -3.08. The Bertz CT molecular complexity index is 703. The molecule has 0 saturated carbocycles. The Labute approximate surface area is 145 Å². The molecular formula is C15H18ClNO6S. The van der Waals surface area contributed by atoms with Gasteiger partial charge in [0.1, 0.15) is 5.75 Å². The van der Waals surface area contributed by atoms with Crippen molar-refractivity contribution in [2.45, 2.75) is 25.5 Å². The number of carbonyl (C=O) groups is 2. The van der Waals surface area contributed by atoms with Gasteiger partial charge >= 0.3 is 5.97 Å². The van der Waals surface area contributed by atoms with Crippen LogP contribution in [0.3, 0.4) is 0 Å². The van der Waals surface area contributed by atoms with Crippen LogP contribution in [0.1, 0.15) is 13.3 Å². The predicted molar refractivity (Wildman–Crippen MR) is 87.7 cm³/mol. The zero-order valence-electron chi connectivity index (χ0n) is 13.0. The Hall–Kier alpha value is -1.80. The van der Waals surface area contributed by atoms with Gasteiger partial charge < -0.3 is 14.8 Å². The van der Waals surface area contributed by atoms with E-state index in [-0.39, 0.29) is 11.5 Å². The summed E-state index contributed by atoms with van der Waals surface area (Å²) < 4.78 is 32.9. The highest BCUT2D eigenvalue weighted by atomic mass is 35.5. The van der Waals surface area contributed by atoms with E-state index in [2.05, 4.69) is 5.32 Å². The van der Waals surface area contributed by atoms with Gasteiger partial charge in [-0.15, -0.1) is 0 Å². The van der Waals surface area contributed by atoms with Gasteiger partial charge in [-0.2, -0.15) is 0 Å². The molecule has 1 saturated heterocycles. The van der Waals surface area contributed by atoms with Crippen LogP contribution >= 0.6 is 11.6 Å². The minimum Gasteiger partial charge on any atom is -0.479 e. The molecule has 1 amide bonds. The summed E-state index contributed by atoms with van der Waals surface area (Å²) in [5.74, 6) is -0.806. The number of hydrogen-bond acceptors (Lipinski definition) is 6. The highest BCUT2D eigenvalue weighted by molar-refractivity contribution is 7.91. The molecule has 9 heteroatoms. The second-order valence-corrected chi connectivity index (χ2v) is 8.15.